The lowest BCUT2D eigenvalue weighted by Crippen LogP contribution is -2.30. The molecule has 0 spiro atoms. The molecule has 0 aromatic heterocycles. The highest BCUT2D eigenvalue weighted by Gasteiger charge is 2.21. The van der Waals surface area contributed by atoms with Gasteiger partial charge in [-0.3, -0.25) is 4.79 Å². The van der Waals surface area contributed by atoms with Crippen LogP contribution in [-0.4, -0.2) is 31.7 Å². The van der Waals surface area contributed by atoms with Gasteiger partial charge in [0.2, 0.25) is 0 Å². The quantitative estimate of drug-likeness (QED) is 0.708. The maximum Gasteiger partial charge on any atom is 0.387 e. The highest BCUT2D eigenvalue weighted by Crippen LogP contribution is 2.29. The van der Waals surface area contributed by atoms with Gasteiger partial charge in [-0.25, -0.2) is 4.79 Å². The van der Waals surface area contributed by atoms with Gasteiger partial charge in [0.1, 0.15) is 0 Å². The molecule has 0 aliphatic rings. The molecular formula is C18H16ClF2NO5. The fraction of sp³-hybridized carbons (Fsp3) is 0.222. The first-order chi connectivity index (χ1) is 12.8. The molecule has 9 heteroatoms. The van der Waals surface area contributed by atoms with E-state index in [4.69, 9.17) is 21.1 Å². The van der Waals surface area contributed by atoms with Crippen LogP contribution in [0.25, 0.3) is 0 Å². The van der Waals surface area contributed by atoms with Crippen molar-refractivity contribution in [2.24, 2.45) is 0 Å². The number of amides is 1. The molecule has 2 aromatic rings. The Morgan fingerprint density at radius 3 is 2.33 bits per heavy atom. The van der Waals surface area contributed by atoms with Crippen LogP contribution >= 0.6 is 11.6 Å². The average molecular weight is 400 g/mol. The van der Waals surface area contributed by atoms with Crippen LogP contribution in [0.4, 0.5) is 14.5 Å². The van der Waals surface area contributed by atoms with Crippen LogP contribution in [0.15, 0.2) is 42.5 Å². The lowest BCUT2D eigenvalue weighted by Gasteiger charge is -2.15. The van der Waals surface area contributed by atoms with E-state index in [-0.39, 0.29) is 17.1 Å². The molecule has 0 bridgehead atoms. The summed E-state index contributed by atoms with van der Waals surface area (Å²) in [5, 5.41) is 3.09. The van der Waals surface area contributed by atoms with Crippen molar-refractivity contribution in [3.63, 3.8) is 0 Å². The van der Waals surface area contributed by atoms with Crippen LogP contribution in [0.3, 0.4) is 0 Å². The van der Waals surface area contributed by atoms with Crippen LogP contribution in [0.2, 0.25) is 5.02 Å². The van der Waals surface area contributed by atoms with E-state index in [1.165, 1.54) is 26.2 Å². The smallest absolute Gasteiger partial charge is 0.387 e. The lowest BCUT2D eigenvalue weighted by atomic mass is 10.2. The summed E-state index contributed by atoms with van der Waals surface area (Å²) in [7, 11) is 1.24. The molecule has 2 rings (SSSR count). The molecular weight excluding hydrogens is 384 g/mol. The van der Waals surface area contributed by atoms with Crippen LogP contribution in [-0.2, 0) is 9.53 Å². The number of carbonyl (C=O) groups is 2. The summed E-state index contributed by atoms with van der Waals surface area (Å²) >= 11 is 5.77. The average Bonchev–Trinajstić information content (AvgIpc) is 2.63. The zero-order valence-electron chi connectivity index (χ0n) is 14.4. The Morgan fingerprint density at radius 2 is 1.74 bits per heavy atom. The summed E-state index contributed by atoms with van der Waals surface area (Å²) in [5.41, 5.74) is 0.502. The molecule has 144 valence electrons. The fourth-order valence-electron chi connectivity index (χ4n) is 2.05. The monoisotopic (exact) mass is 399 g/mol. The van der Waals surface area contributed by atoms with Crippen molar-refractivity contribution in [2.45, 2.75) is 19.6 Å². The number of nitrogens with one attached hydrogen (secondary N) is 1. The molecule has 2 aromatic carbocycles. The second-order valence-corrected chi connectivity index (χ2v) is 5.72. The standard InChI is InChI=1S/C18H16ClF2NO5/c1-10(16(23)22-13-6-4-12(19)5-7-13)26-17(24)11-3-8-14(27-18(20)21)15(9-11)25-2/h3-10,18H,1-2H3,(H,22,23)/t10-/m0/s1. The Morgan fingerprint density at radius 1 is 1.07 bits per heavy atom. The molecule has 0 unspecified atom stereocenters. The van der Waals surface area contributed by atoms with Gasteiger partial charge in [0.05, 0.1) is 12.7 Å². The number of hydrogen-bond acceptors (Lipinski definition) is 5. The van der Waals surface area contributed by atoms with Crippen molar-refractivity contribution in [1.82, 2.24) is 0 Å². The van der Waals surface area contributed by atoms with Gasteiger partial charge in [-0.05, 0) is 49.4 Å². The number of ether oxygens (including phenoxy) is 3. The summed E-state index contributed by atoms with van der Waals surface area (Å²) < 4.78 is 39.0. The zero-order chi connectivity index (χ0) is 20.0. The largest absolute Gasteiger partial charge is 0.493 e. The summed E-state index contributed by atoms with van der Waals surface area (Å²) in [6, 6.07) is 9.96. The molecule has 0 aliphatic carbocycles. The molecule has 0 fully saturated rings. The predicted molar refractivity (Wildman–Crippen MR) is 94.6 cm³/mol. The van der Waals surface area contributed by atoms with Crippen LogP contribution < -0.4 is 14.8 Å². The summed E-state index contributed by atoms with van der Waals surface area (Å²) in [4.78, 5) is 24.3. The molecule has 0 saturated heterocycles. The van der Waals surface area contributed by atoms with E-state index < -0.39 is 24.6 Å². The number of benzene rings is 2. The maximum absolute atomic E-state index is 12.3. The number of carbonyl (C=O) groups excluding carboxylic acids is 2. The van der Waals surface area contributed by atoms with Crippen LogP contribution in [0.5, 0.6) is 11.5 Å². The SMILES string of the molecule is COc1cc(C(=O)O[C@@H](C)C(=O)Nc2ccc(Cl)cc2)ccc1OC(F)F. The van der Waals surface area contributed by atoms with Crippen molar-refractivity contribution < 1.29 is 32.6 Å². The van der Waals surface area contributed by atoms with Crippen molar-refractivity contribution in [3.05, 3.63) is 53.1 Å². The third kappa shape index (κ3) is 5.82. The van der Waals surface area contributed by atoms with E-state index in [2.05, 4.69) is 10.1 Å². The maximum atomic E-state index is 12.3. The molecule has 1 amide bonds. The van der Waals surface area contributed by atoms with Crippen molar-refractivity contribution >= 4 is 29.2 Å². The first-order valence-electron chi connectivity index (χ1n) is 7.70. The Bertz CT molecular complexity index is 814. The number of methoxy groups -OCH3 is 1. The second-order valence-electron chi connectivity index (χ2n) is 5.29. The first kappa shape index (κ1) is 20.4. The normalized spacial score (nSPS) is 11.6. The van der Waals surface area contributed by atoms with E-state index in [9.17, 15) is 18.4 Å². The predicted octanol–water partition coefficient (Wildman–Crippen LogP) is 4.13. The Labute approximate surface area is 159 Å². The molecule has 1 N–H and O–H groups in total. The van der Waals surface area contributed by atoms with Crippen LogP contribution in [0, 0.1) is 0 Å². The van der Waals surface area contributed by atoms with Crippen LogP contribution in [0.1, 0.15) is 17.3 Å². The highest BCUT2D eigenvalue weighted by molar-refractivity contribution is 6.30. The minimum Gasteiger partial charge on any atom is -0.493 e. The van der Waals surface area contributed by atoms with Gasteiger partial charge >= 0.3 is 12.6 Å². The number of anilines is 1. The molecule has 0 aliphatic heterocycles. The Kier molecular flexibility index (Phi) is 6.95. The molecule has 0 saturated carbocycles. The summed E-state index contributed by atoms with van der Waals surface area (Å²) in [5.74, 6) is -1.66. The minimum atomic E-state index is -3.03. The fourth-order valence-corrected chi connectivity index (χ4v) is 2.17. The number of esters is 1. The molecule has 27 heavy (non-hydrogen) atoms. The van der Waals surface area contributed by atoms with Gasteiger partial charge in [-0.1, -0.05) is 11.6 Å². The van der Waals surface area contributed by atoms with Gasteiger partial charge < -0.3 is 19.5 Å². The van der Waals surface area contributed by atoms with Gasteiger partial charge in [-0.2, -0.15) is 8.78 Å². The van der Waals surface area contributed by atoms with Crippen molar-refractivity contribution in [2.75, 3.05) is 12.4 Å². The van der Waals surface area contributed by atoms with E-state index in [0.717, 1.165) is 6.07 Å². The highest BCUT2D eigenvalue weighted by atomic mass is 35.5. The van der Waals surface area contributed by atoms with E-state index in [1.807, 2.05) is 0 Å². The topological polar surface area (TPSA) is 73.9 Å². The van der Waals surface area contributed by atoms with E-state index in [1.54, 1.807) is 24.3 Å². The van der Waals surface area contributed by atoms with Crippen molar-refractivity contribution in [3.8, 4) is 11.5 Å². The van der Waals surface area contributed by atoms with Gasteiger partial charge in [0.25, 0.3) is 5.91 Å². The van der Waals surface area contributed by atoms with Crippen molar-refractivity contribution in [1.29, 1.82) is 0 Å². The third-order valence-electron chi connectivity index (χ3n) is 3.38. The van der Waals surface area contributed by atoms with Gasteiger partial charge in [0, 0.05) is 10.7 Å². The second kappa shape index (κ2) is 9.18. The van der Waals surface area contributed by atoms with E-state index >= 15 is 0 Å². The summed E-state index contributed by atoms with van der Waals surface area (Å²) in [6.45, 7) is -1.64. The number of alkyl halides is 2. The lowest BCUT2D eigenvalue weighted by molar-refractivity contribution is -0.123. The number of halogens is 3. The Hall–Kier alpha value is -2.87. The minimum absolute atomic E-state index is 0.0135. The third-order valence-corrected chi connectivity index (χ3v) is 3.63. The number of hydrogen-bond donors (Lipinski definition) is 1. The number of rotatable bonds is 7. The summed E-state index contributed by atoms with van der Waals surface area (Å²) in [6.07, 6.45) is -1.10. The Balaban J connectivity index is 2.02. The van der Waals surface area contributed by atoms with E-state index in [0.29, 0.717) is 10.7 Å². The first-order valence-corrected chi connectivity index (χ1v) is 8.08. The molecule has 1 atom stereocenters. The molecule has 6 nitrogen and oxygen atoms in total. The molecule has 0 heterocycles. The van der Waals surface area contributed by atoms with Gasteiger partial charge in [0.15, 0.2) is 17.6 Å². The molecule has 0 radical (unpaired) electrons. The zero-order valence-corrected chi connectivity index (χ0v) is 15.1. The van der Waals surface area contributed by atoms with Gasteiger partial charge in [-0.15, -0.1) is 0 Å².